The molecule has 0 heterocycles. The SMILES string of the molecule is COC(=O)c1c(N)cccc1OCCC(N)=O. The lowest BCUT2D eigenvalue weighted by molar-refractivity contribution is -0.118. The van der Waals surface area contributed by atoms with Crippen molar-refractivity contribution in [3.05, 3.63) is 23.8 Å². The average molecular weight is 238 g/mol. The van der Waals surface area contributed by atoms with E-state index in [4.69, 9.17) is 16.2 Å². The number of primary amides is 1. The number of carbonyl (C=O) groups is 2. The predicted molar refractivity (Wildman–Crippen MR) is 61.5 cm³/mol. The highest BCUT2D eigenvalue weighted by Gasteiger charge is 2.16. The van der Waals surface area contributed by atoms with Crippen molar-refractivity contribution in [1.29, 1.82) is 0 Å². The van der Waals surface area contributed by atoms with E-state index < -0.39 is 11.9 Å². The van der Waals surface area contributed by atoms with Crippen molar-refractivity contribution in [2.75, 3.05) is 19.5 Å². The van der Waals surface area contributed by atoms with Gasteiger partial charge in [0.05, 0.1) is 20.1 Å². The van der Waals surface area contributed by atoms with Crippen LogP contribution in [0.5, 0.6) is 5.75 Å². The average Bonchev–Trinajstić information content (AvgIpc) is 2.28. The van der Waals surface area contributed by atoms with Gasteiger partial charge in [0.25, 0.3) is 0 Å². The summed E-state index contributed by atoms with van der Waals surface area (Å²) in [5, 5.41) is 0. The Morgan fingerprint density at radius 2 is 2.06 bits per heavy atom. The summed E-state index contributed by atoms with van der Waals surface area (Å²) in [6.45, 7) is 0.0861. The molecule has 1 amide bonds. The number of nitrogen functional groups attached to an aromatic ring is 1. The first kappa shape index (κ1) is 12.8. The summed E-state index contributed by atoms with van der Waals surface area (Å²) in [5.74, 6) is -0.788. The fraction of sp³-hybridized carbons (Fsp3) is 0.273. The van der Waals surface area contributed by atoms with Crippen molar-refractivity contribution < 1.29 is 19.1 Å². The van der Waals surface area contributed by atoms with Crippen molar-refractivity contribution in [1.82, 2.24) is 0 Å². The molecule has 0 saturated heterocycles. The molecule has 0 spiro atoms. The van der Waals surface area contributed by atoms with Gasteiger partial charge in [-0.05, 0) is 12.1 Å². The maximum atomic E-state index is 11.5. The molecule has 6 nitrogen and oxygen atoms in total. The van der Waals surface area contributed by atoms with Gasteiger partial charge in [0.1, 0.15) is 11.3 Å². The first-order chi connectivity index (χ1) is 8.06. The smallest absolute Gasteiger partial charge is 0.343 e. The molecule has 0 atom stereocenters. The Hall–Kier alpha value is -2.24. The van der Waals surface area contributed by atoms with Crippen LogP contribution in [-0.4, -0.2) is 25.6 Å². The molecular weight excluding hydrogens is 224 g/mol. The Bertz CT molecular complexity index is 431. The van der Waals surface area contributed by atoms with Gasteiger partial charge in [-0.15, -0.1) is 0 Å². The first-order valence-corrected chi connectivity index (χ1v) is 4.94. The van der Waals surface area contributed by atoms with E-state index in [2.05, 4.69) is 4.74 Å². The van der Waals surface area contributed by atoms with Crippen molar-refractivity contribution in [3.8, 4) is 5.75 Å². The number of hydrogen-bond acceptors (Lipinski definition) is 5. The van der Waals surface area contributed by atoms with Crippen LogP contribution in [0.25, 0.3) is 0 Å². The van der Waals surface area contributed by atoms with Crippen LogP contribution in [0.2, 0.25) is 0 Å². The Morgan fingerprint density at radius 1 is 1.35 bits per heavy atom. The lowest BCUT2D eigenvalue weighted by Gasteiger charge is -2.11. The number of methoxy groups -OCH3 is 1. The summed E-state index contributed by atoms with van der Waals surface area (Å²) in [6.07, 6.45) is 0.0649. The Balaban J connectivity index is 2.87. The third-order valence-corrected chi connectivity index (χ3v) is 2.05. The first-order valence-electron chi connectivity index (χ1n) is 4.94. The summed E-state index contributed by atoms with van der Waals surface area (Å²) in [6, 6.07) is 4.78. The molecule has 0 unspecified atom stereocenters. The van der Waals surface area contributed by atoms with Crippen molar-refractivity contribution >= 4 is 17.6 Å². The fourth-order valence-electron chi connectivity index (χ4n) is 1.25. The monoisotopic (exact) mass is 238 g/mol. The number of hydrogen-bond donors (Lipinski definition) is 2. The standard InChI is InChI=1S/C11H14N2O4/c1-16-11(15)10-7(12)3-2-4-8(10)17-6-5-9(13)14/h2-4H,5-6,12H2,1H3,(H2,13,14). The summed E-state index contributed by atoms with van der Waals surface area (Å²) >= 11 is 0. The number of carbonyl (C=O) groups excluding carboxylic acids is 2. The quantitative estimate of drug-likeness (QED) is 0.567. The molecule has 0 bridgehead atoms. The van der Waals surface area contributed by atoms with Crippen LogP contribution in [0.15, 0.2) is 18.2 Å². The number of amides is 1. The molecule has 4 N–H and O–H groups in total. The summed E-state index contributed by atoms with van der Waals surface area (Å²) in [7, 11) is 1.25. The Labute approximate surface area is 98.5 Å². The highest BCUT2D eigenvalue weighted by molar-refractivity contribution is 5.98. The maximum absolute atomic E-state index is 11.5. The Morgan fingerprint density at radius 3 is 2.65 bits per heavy atom. The lowest BCUT2D eigenvalue weighted by atomic mass is 10.1. The van der Waals surface area contributed by atoms with Gasteiger partial charge in [0.2, 0.25) is 5.91 Å². The van der Waals surface area contributed by atoms with E-state index in [1.807, 2.05) is 0 Å². The highest BCUT2D eigenvalue weighted by Crippen LogP contribution is 2.25. The van der Waals surface area contributed by atoms with E-state index in [-0.39, 0.29) is 30.0 Å². The molecule has 1 aromatic rings. The normalized spacial score (nSPS) is 9.71. The fourth-order valence-corrected chi connectivity index (χ4v) is 1.25. The van der Waals surface area contributed by atoms with Crippen LogP contribution >= 0.6 is 0 Å². The van der Waals surface area contributed by atoms with E-state index in [0.717, 1.165) is 0 Å². The van der Waals surface area contributed by atoms with Gasteiger partial charge in [-0.1, -0.05) is 6.07 Å². The number of ether oxygens (including phenoxy) is 2. The molecule has 1 rings (SSSR count). The van der Waals surface area contributed by atoms with Crippen LogP contribution in [0.3, 0.4) is 0 Å². The summed E-state index contributed by atoms with van der Waals surface area (Å²) < 4.78 is 9.86. The zero-order valence-electron chi connectivity index (χ0n) is 9.43. The molecule has 0 aliphatic heterocycles. The van der Waals surface area contributed by atoms with Gasteiger partial charge in [-0.3, -0.25) is 4.79 Å². The Kier molecular flexibility index (Phi) is 4.33. The van der Waals surface area contributed by atoms with Gasteiger partial charge in [0.15, 0.2) is 0 Å². The molecule has 0 saturated carbocycles. The van der Waals surface area contributed by atoms with E-state index in [9.17, 15) is 9.59 Å². The molecule has 17 heavy (non-hydrogen) atoms. The minimum Gasteiger partial charge on any atom is -0.492 e. The molecule has 1 aromatic carbocycles. The zero-order valence-corrected chi connectivity index (χ0v) is 9.43. The topological polar surface area (TPSA) is 105 Å². The number of esters is 1. The maximum Gasteiger partial charge on any atom is 0.343 e. The minimum absolute atomic E-state index is 0.0649. The van der Waals surface area contributed by atoms with Crippen LogP contribution < -0.4 is 16.2 Å². The molecule has 0 aliphatic rings. The van der Waals surface area contributed by atoms with Gasteiger partial charge in [0, 0.05) is 5.69 Å². The van der Waals surface area contributed by atoms with E-state index in [1.54, 1.807) is 18.2 Å². The minimum atomic E-state index is -0.586. The number of rotatable bonds is 5. The van der Waals surface area contributed by atoms with Gasteiger partial charge < -0.3 is 20.9 Å². The zero-order chi connectivity index (χ0) is 12.8. The number of nitrogens with two attached hydrogens (primary N) is 2. The highest BCUT2D eigenvalue weighted by atomic mass is 16.5. The second-order valence-corrected chi connectivity index (χ2v) is 3.28. The third-order valence-electron chi connectivity index (χ3n) is 2.05. The van der Waals surface area contributed by atoms with E-state index >= 15 is 0 Å². The van der Waals surface area contributed by atoms with Crippen molar-refractivity contribution in [3.63, 3.8) is 0 Å². The van der Waals surface area contributed by atoms with Gasteiger partial charge in [-0.2, -0.15) is 0 Å². The second kappa shape index (κ2) is 5.74. The molecule has 0 aromatic heterocycles. The van der Waals surface area contributed by atoms with Crippen LogP contribution in [0.4, 0.5) is 5.69 Å². The number of benzene rings is 1. The number of anilines is 1. The molecular formula is C11H14N2O4. The summed E-state index contributed by atoms with van der Waals surface area (Å²) in [5.41, 5.74) is 11.0. The van der Waals surface area contributed by atoms with Crippen molar-refractivity contribution in [2.24, 2.45) is 5.73 Å². The molecule has 92 valence electrons. The molecule has 0 radical (unpaired) electrons. The largest absolute Gasteiger partial charge is 0.492 e. The second-order valence-electron chi connectivity index (χ2n) is 3.28. The van der Waals surface area contributed by atoms with Crippen molar-refractivity contribution in [2.45, 2.75) is 6.42 Å². The van der Waals surface area contributed by atoms with E-state index in [1.165, 1.54) is 7.11 Å². The molecule has 6 heteroatoms. The van der Waals surface area contributed by atoms with Crippen LogP contribution in [-0.2, 0) is 9.53 Å². The van der Waals surface area contributed by atoms with Crippen LogP contribution in [0, 0.1) is 0 Å². The van der Waals surface area contributed by atoms with Crippen LogP contribution in [0.1, 0.15) is 16.8 Å². The van der Waals surface area contributed by atoms with E-state index in [0.29, 0.717) is 0 Å². The third kappa shape index (κ3) is 3.37. The van der Waals surface area contributed by atoms with Gasteiger partial charge >= 0.3 is 5.97 Å². The lowest BCUT2D eigenvalue weighted by Crippen LogP contribution is -2.16. The molecule has 0 fully saturated rings. The molecule has 0 aliphatic carbocycles. The van der Waals surface area contributed by atoms with Gasteiger partial charge in [-0.25, -0.2) is 4.79 Å². The summed E-state index contributed by atoms with van der Waals surface area (Å²) in [4.78, 5) is 22.0. The predicted octanol–water partition coefficient (Wildman–Crippen LogP) is 0.310.